The molecule has 5 heteroatoms. The molecular formula is C17H25NO4. The van der Waals surface area contributed by atoms with Crippen LogP contribution in [-0.2, 0) is 11.2 Å². The lowest BCUT2D eigenvalue weighted by molar-refractivity contribution is 0.00989. The number of β-amino-alcohol motifs (C(OH)–C–C–N with tert-alkyl or cyclic N) is 1. The van der Waals surface area contributed by atoms with E-state index in [0.717, 1.165) is 5.56 Å². The monoisotopic (exact) mass is 307 g/mol. The SMILES string of the molecule is CC(C)(C)OC(=O)N1CC(O)(Cc2ccccc2)C[C@@H]1CO. The number of nitrogens with zero attached hydrogens (tertiary/aromatic N) is 1. The summed E-state index contributed by atoms with van der Waals surface area (Å²) in [6, 6.07) is 9.24. The number of rotatable bonds is 3. The zero-order chi connectivity index (χ0) is 16.4. The molecule has 1 aliphatic heterocycles. The van der Waals surface area contributed by atoms with Crippen molar-refractivity contribution in [2.75, 3.05) is 13.2 Å². The van der Waals surface area contributed by atoms with E-state index in [-0.39, 0.29) is 13.2 Å². The van der Waals surface area contributed by atoms with Gasteiger partial charge < -0.3 is 14.9 Å². The molecule has 1 aromatic carbocycles. The van der Waals surface area contributed by atoms with Crippen LogP contribution in [-0.4, -0.2) is 51.6 Å². The number of aliphatic hydroxyl groups excluding tert-OH is 1. The van der Waals surface area contributed by atoms with Gasteiger partial charge in [-0.15, -0.1) is 0 Å². The smallest absolute Gasteiger partial charge is 0.410 e. The molecule has 122 valence electrons. The van der Waals surface area contributed by atoms with E-state index in [1.54, 1.807) is 20.8 Å². The number of hydrogen-bond donors (Lipinski definition) is 2. The molecule has 0 spiro atoms. The number of carbonyl (C=O) groups excluding carboxylic acids is 1. The summed E-state index contributed by atoms with van der Waals surface area (Å²) in [5.74, 6) is 0. The Morgan fingerprint density at radius 1 is 1.36 bits per heavy atom. The third kappa shape index (κ3) is 4.21. The minimum absolute atomic E-state index is 0.169. The molecule has 5 nitrogen and oxygen atoms in total. The molecule has 1 amide bonds. The van der Waals surface area contributed by atoms with E-state index in [2.05, 4.69) is 0 Å². The molecule has 2 atom stereocenters. The van der Waals surface area contributed by atoms with E-state index in [9.17, 15) is 15.0 Å². The van der Waals surface area contributed by atoms with Crippen molar-refractivity contribution in [2.45, 2.75) is 50.9 Å². The molecule has 2 N–H and O–H groups in total. The third-order valence-electron chi connectivity index (χ3n) is 3.74. The fourth-order valence-electron chi connectivity index (χ4n) is 2.86. The maximum Gasteiger partial charge on any atom is 0.410 e. The predicted octanol–water partition coefficient (Wildman–Crippen LogP) is 1.96. The van der Waals surface area contributed by atoms with Crippen LogP contribution >= 0.6 is 0 Å². The Morgan fingerprint density at radius 2 is 2.00 bits per heavy atom. The molecule has 1 heterocycles. The van der Waals surface area contributed by atoms with Crippen LogP contribution in [0.2, 0.25) is 0 Å². The molecule has 0 aromatic heterocycles. The van der Waals surface area contributed by atoms with Crippen LogP contribution in [0, 0.1) is 0 Å². The van der Waals surface area contributed by atoms with Gasteiger partial charge in [-0.05, 0) is 26.3 Å². The number of hydrogen-bond acceptors (Lipinski definition) is 4. The highest BCUT2D eigenvalue weighted by Crippen LogP contribution is 2.31. The topological polar surface area (TPSA) is 70.0 Å². The van der Waals surface area contributed by atoms with Crippen LogP contribution in [0.3, 0.4) is 0 Å². The van der Waals surface area contributed by atoms with Crippen LogP contribution in [0.5, 0.6) is 0 Å². The van der Waals surface area contributed by atoms with E-state index >= 15 is 0 Å². The minimum atomic E-state index is -1.04. The van der Waals surface area contributed by atoms with Crippen LogP contribution in [0.1, 0.15) is 32.8 Å². The summed E-state index contributed by atoms with van der Waals surface area (Å²) in [7, 11) is 0. The first kappa shape index (κ1) is 16.8. The third-order valence-corrected chi connectivity index (χ3v) is 3.74. The Hall–Kier alpha value is -1.59. The van der Waals surface area contributed by atoms with Crippen molar-refractivity contribution in [3.05, 3.63) is 35.9 Å². The van der Waals surface area contributed by atoms with Gasteiger partial charge in [0.15, 0.2) is 0 Å². The maximum atomic E-state index is 12.3. The molecule has 1 unspecified atom stereocenters. The highest BCUT2D eigenvalue weighted by Gasteiger charge is 2.45. The second-order valence-electron chi connectivity index (χ2n) is 7.04. The van der Waals surface area contributed by atoms with Gasteiger partial charge in [0, 0.05) is 12.8 Å². The maximum absolute atomic E-state index is 12.3. The molecular weight excluding hydrogens is 282 g/mol. The van der Waals surface area contributed by atoms with Gasteiger partial charge in [-0.2, -0.15) is 0 Å². The van der Waals surface area contributed by atoms with Crippen molar-refractivity contribution in [3.8, 4) is 0 Å². The Bertz CT molecular complexity index is 511. The fourth-order valence-corrected chi connectivity index (χ4v) is 2.86. The molecule has 2 rings (SSSR count). The van der Waals surface area contributed by atoms with Gasteiger partial charge in [0.05, 0.1) is 24.8 Å². The Kier molecular flexibility index (Phi) is 4.78. The summed E-state index contributed by atoms with van der Waals surface area (Å²) in [5, 5.41) is 20.3. The van der Waals surface area contributed by atoms with Crippen LogP contribution in [0.15, 0.2) is 30.3 Å². The fraction of sp³-hybridized carbons (Fsp3) is 0.588. The average Bonchev–Trinajstić information content (AvgIpc) is 2.75. The highest BCUT2D eigenvalue weighted by molar-refractivity contribution is 5.69. The van der Waals surface area contributed by atoms with Crippen molar-refractivity contribution < 1.29 is 19.7 Å². The summed E-state index contributed by atoms with van der Waals surface area (Å²) in [6.07, 6.45) is 0.303. The molecule has 1 fully saturated rings. The first-order valence-corrected chi connectivity index (χ1v) is 7.59. The number of ether oxygens (including phenoxy) is 1. The summed E-state index contributed by atoms with van der Waals surface area (Å²) >= 11 is 0. The Labute approximate surface area is 131 Å². The molecule has 0 radical (unpaired) electrons. The minimum Gasteiger partial charge on any atom is -0.444 e. The van der Waals surface area contributed by atoms with E-state index in [0.29, 0.717) is 12.8 Å². The van der Waals surface area contributed by atoms with E-state index in [1.807, 2.05) is 30.3 Å². The number of amides is 1. The molecule has 22 heavy (non-hydrogen) atoms. The largest absolute Gasteiger partial charge is 0.444 e. The lowest BCUT2D eigenvalue weighted by atomic mass is 9.92. The molecule has 0 aliphatic carbocycles. The van der Waals surface area contributed by atoms with Crippen molar-refractivity contribution in [2.24, 2.45) is 0 Å². The average molecular weight is 307 g/mol. The summed E-state index contributed by atoms with van der Waals surface area (Å²) in [4.78, 5) is 13.7. The van der Waals surface area contributed by atoms with Gasteiger partial charge >= 0.3 is 6.09 Å². The van der Waals surface area contributed by atoms with Gasteiger partial charge in [0.1, 0.15) is 5.60 Å². The zero-order valence-corrected chi connectivity index (χ0v) is 13.5. The predicted molar refractivity (Wildman–Crippen MR) is 83.5 cm³/mol. The number of benzene rings is 1. The number of aliphatic hydroxyl groups is 2. The van der Waals surface area contributed by atoms with Gasteiger partial charge in [0.25, 0.3) is 0 Å². The lowest BCUT2D eigenvalue weighted by Gasteiger charge is -2.28. The number of carbonyl (C=O) groups is 1. The first-order chi connectivity index (χ1) is 10.2. The molecule has 1 saturated heterocycles. The quantitative estimate of drug-likeness (QED) is 0.895. The summed E-state index contributed by atoms with van der Waals surface area (Å²) in [6.45, 7) is 5.37. The van der Waals surface area contributed by atoms with Crippen molar-refractivity contribution in [1.29, 1.82) is 0 Å². The highest BCUT2D eigenvalue weighted by atomic mass is 16.6. The van der Waals surface area contributed by atoms with Gasteiger partial charge in [-0.1, -0.05) is 30.3 Å². The Balaban J connectivity index is 2.09. The Morgan fingerprint density at radius 3 is 2.55 bits per heavy atom. The van der Waals surface area contributed by atoms with Crippen molar-refractivity contribution in [1.82, 2.24) is 4.90 Å². The van der Waals surface area contributed by atoms with Gasteiger partial charge in [-0.25, -0.2) is 4.79 Å². The second kappa shape index (κ2) is 6.26. The molecule has 0 bridgehead atoms. The second-order valence-corrected chi connectivity index (χ2v) is 7.04. The standard InChI is InChI=1S/C17H25NO4/c1-16(2,3)22-15(20)18-12-17(21,10-14(18)11-19)9-13-7-5-4-6-8-13/h4-8,14,19,21H,9-12H2,1-3H3/t14-,17?/m1/s1. The zero-order valence-electron chi connectivity index (χ0n) is 13.5. The van der Waals surface area contributed by atoms with Crippen LogP contribution < -0.4 is 0 Å². The van der Waals surface area contributed by atoms with E-state index < -0.39 is 23.3 Å². The van der Waals surface area contributed by atoms with E-state index in [1.165, 1.54) is 4.90 Å². The van der Waals surface area contributed by atoms with Gasteiger partial charge in [-0.3, -0.25) is 4.90 Å². The van der Waals surface area contributed by atoms with Crippen LogP contribution in [0.4, 0.5) is 4.79 Å². The first-order valence-electron chi connectivity index (χ1n) is 7.59. The van der Waals surface area contributed by atoms with Crippen LogP contribution in [0.25, 0.3) is 0 Å². The molecule has 0 saturated carbocycles. The number of likely N-dealkylation sites (tertiary alicyclic amines) is 1. The van der Waals surface area contributed by atoms with Crippen molar-refractivity contribution >= 4 is 6.09 Å². The molecule has 1 aromatic rings. The van der Waals surface area contributed by atoms with Gasteiger partial charge in [0.2, 0.25) is 0 Å². The summed E-state index contributed by atoms with van der Waals surface area (Å²) in [5.41, 5.74) is -0.629. The normalized spacial score (nSPS) is 25.3. The lowest BCUT2D eigenvalue weighted by Crippen LogP contribution is -2.43. The van der Waals surface area contributed by atoms with E-state index in [4.69, 9.17) is 4.74 Å². The van der Waals surface area contributed by atoms with Crippen molar-refractivity contribution in [3.63, 3.8) is 0 Å². The summed E-state index contributed by atoms with van der Waals surface area (Å²) < 4.78 is 5.36. The molecule has 1 aliphatic rings.